The van der Waals surface area contributed by atoms with Gasteiger partial charge in [-0.1, -0.05) is 20.8 Å². The van der Waals surface area contributed by atoms with Crippen molar-refractivity contribution in [3.8, 4) is 0 Å². The van der Waals surface area contributed by atoms with E-state index in [1.165, 1.54) is 0 Å². The molecule has 0 saturated heterocycles. The summed E-state index contributed by atoms with van der Waals surface area (Å²) < 4.78 is 0. The highest BCUT2D eigenvalue weighted by Gasteiger charge is 2.27. The topological polar surface area (TPSA) is 71.8 Å². The molecule has 0 aliphatic heterocycles. The van der Waals surface area contributed by atoms with Crippen molar-refractivity contribution in [2.75, 3.05) is 0 Å². The predicted octanol–water partition coefficient (Wildman–Crippen LogP) is 0.895. The number of ketones is 1. The average Bonchev–Trinajstić information content (AvgIpc) is 2.53. The van der Waals surface area contributed by atoms with Gasteiger partial charge in [-0.15, -0.1) is 0 Å². The lowest BCUT2D eigenvalue weighted by Gasteiger charge is -2.21. The fraction of sp³-hybridized carbons (Fsp3) is 0.600. The lowest BCUT2D eigenvalue weighted by molar-refractivity contribution is -0.127. The summed E-state index contributed by atoms with van der Waals surface area (Å²) in [6.45, 7) is 5.63. The van der Waals surface area contributed by atoms with E-state index in [0.29, 0.717) is 6.42 Å². The van der Waals surface area contributed by atoms with E-state index in [1.807, 2.05) is 20.8 Å². The highest BCUT2D eigenvalue weighted by atomic mass is 16.1. The van der Waals surface area contributed by atoms with Crippen LogP contribution in [0.15, 0.2) is 12.5 Å². The molecule has 4 heteroatoms. The van der Waals surface area contributed by atoms with Gasteiger partial charge >= 0.3 is 0 Å². The van der Waals surface area contributed by atoms with Crippen LogP contribution in [0.2, 0.25) is 0 Å². The molecule has 1 rings (SSSR count). The van der Waals surface area contributed by atoms with Crippen molar-refractivity contribution in [3.05, 3.63) is 18.2 Å². The minimum atomic E-state index is -0.449. The number of imidazole rings is 1. The molecule has 1 heterocycles. The van der Waals surface area contributed by atoms with Gasteiger partial charge in [0.25, 0.3) is 0 Å². The SMILES string of the molecule is CC(C)(C)C(=O)C(N)Cc1cnc[nH]1. The zero-order chi connectivity index (χ0) is 10.8. The van der Waals surface area contributed by atoms with Gasteiger partial charge in [0, 0.05) is 23.7 Å². The molecule has 0 bridgehead atoms. The fourth-order valence-electron chi connectivity index (χ4n) is 1.28. The zero-order valence-corrected chi connectivity index (χ0v) is 8.87. The molecule has 1 aromatic rings. The van der Waals surface area contributed by atoms with Crippen LogP contribution >= 0.6 is 0 Å². The Morgan fingerprint density at radius 3 is 2.71 bits per heavy atom. The summed E-state index contributed by atoms with van der Waals surface area (Å²) in [6.07, 6.45) is 3.80. The lowest BCUT2D eigenvalue weighted by atomic mass is 9.85. The summed E-state index contributed by atoms with van der Waals surface area (Å²) in [5.41, 5.74) is 6.32. The van der Waals surface area contributed by atoms with Gasteiger partial charge in [-0.05, 0) is 0 Å². The first-order valence-corrected chi connectivity index (χ1v) is 4.68. The molecule has 1 aromatic heterocycles. The number of Topliss-reactive ketones (excluding diaryl/α,β-unsaturated/α-hetero) is 1. The van der Waals surface area contributed by atoms with Crippen molar-refractivity contribution in [2.24, 2.45) is 11.1 Å². The first-order chi connectivity index (χ1) is 6.41. The Labute approximate surface area is 83.9 Å². The second-order valence-electron chi connectivity index (χ2n) is 4.50. The third-order valence-electron chi connectivity index (χ3n) is 2.07. The van der Waals surface area contributed by atoms with Crippen LogP contribution in [0.3, 0.4) is 0 Å². The minimum absolute atomic E-state index is 0.0760. The summed E-state index contributed by atoms with van der Waals surface area (Å²) in [6, 6.07) is -0.449. The summed E-state index contributed by atoms with van der Waals surface area (Å²) in [5, 5.41) is 0. The first-order valence-electron chi connectivity index (χ1n) is 4.68. The molecule has 14 heavy (non-hydrogen) atoms. The van der Waals surface area contributed by atoms with E-state index >= 15 is 0 Å². The minimum Gasteiger partial charge on any atom is -0.348 e. The van der Waals surface area contributed by atoms with E-state index < -0.39 is 6.04 Å². The van der Waals surface area contributed by atoms with Crippen molar-refractivity contribution in [3.63, 3.8) is 0 Å². The molecule has 0 spiro atoms. The molecule has 0 amide bonds. The summed E-state index contributed by atoms with van der Waals surface area (Å²) in [4.78, 5) is 18.5. The van der Waals surface area contributed by atoms with Crippen LogP contribution in [0.4, 0.5) is 0 Å². The zero-order valence-electron chi connectivity index (χ0n) is 8.87. The first kappa shape index (κ1) is 10.9. The van der Waals surface area contributed by atoms with Crippen molar-refractivity contribution < 1.29 is 4.79 Å². The molecule has 0 fully saturated rings. The van der Waals surface area contributed by atoms with E-state index in [4.69, 9.17) is 5.73 Å². The number of aromatic amines is 1. The lowest BCUT2D eigenvalue weighted by Crippen LogP contribution is -2.40. The molecule has 3 N–H and O–H groups in total. The van der Waals surface area contributed by atoms with Crippen LogP contribution in [-0.2, 0) is 11.2 Å². The maximum atomic E-state index is 11.7. The van der Waals surface area contributed by atoms with Gasteiger partial charge in [0.1, 0.15) is 0 Å². The van der Waals surface area contributed by atoms with Crippen LogP contribution in [0.5, 0.6) is 0 Å². The number of nitrogens with two attached hydrogens (primary N) is 1. The van der Waals surface area contributed by atoms with Gasteiger partial charge in [-0.2, -0.15) is 0 Å². The van der Waals surface area contributed by atoms with Gasteiger partial charge in [0.15, 0.2) is 5.78 Å². The molecule has 0 radical (unpaired) electrons. The Hall–Kier alpha value is -1.16. The number of nitrogens with zero attached hydrogens (tertiary/aromatic N) is 1. The van der Waals surface area contributed by atoms with Crippen molar-refractivity contribution in [1.82, 2.24) is 9.97 Å². The number of aromatic nitrogens is 2. The Kier molecular flexibility index (Phi) is 3.06. The smallest absolute Gasteiger partial charge is 0.155 e. The number of H-pyrrole nitrogens is 1. The van der Waals surface area contributed by atoms with E-state index in [2.05, 4.69) is 9.97 Å². The molecule has 0 saturated carbocycles. The van der Waals surface area contributed by atoms with E-state index in [9.17, 15) is 4.79 Å². The van der Waals surface area contributed by atoms with Crippen LogP contribution in [0.1, 0.15) is 26.5 Å². The second-order valence-corrected chi connectivity index (χ2v) is 4.50. The van der Waals surface area contributed by atoms with Gasteiger partial charge in [0.2, 0.25) is 0 Å². The number of carbonyl (C=O) groups is 1. The van der Waals surface area contributed by atoms with E-state index in [-0.39, 0.29) is 11.2 Å². The Balaban J connectivity index is 2.59. The highest BCUT2D eigenvalue weighted by Crippen LogP contribution is 2.17. The van der Waals surface area contributed by atoms with E-state index in [1.54, 1.807) is 12.5 Å². The molecule has 78 valence electrons. The molecule has 1 atom stereocenters. The van der Waals surface area contributed by atoms with Crippen LogP contribution < -0.4 is 5.73 Å². The normalized spacial score (nSPS) is 14.0. The Morgan fingerprint density at radius 1 is 1.64 bits per heavy atom. The Bertz CT molecular complexity index is 298. The van der Waals surface area contributed by atoms with Crippen molar-refractivity contribution in [1.29, 1.82) is 0 Å². The molecular weight excluding hydrogens is 178 g/mol. The Morgan fingerprint density at radius 2 is 2.29 bits per heavy atom. The predicted molar refractivity (Wildman–Crippen MR) is 54.7 cm³/mol. The molecule has 4 nitrogen and oxygen atoms in total. The second kappa shape index (κ2) is 3.92. The average molecular weight is 195 g/mol. The molecule has 0 aliphatic carbocycles. The number of rotatable bonds is 3. The van der Waals surface area contributed by atoms with Gasteiger partial charge in [0.05, 0.1) is 12.4 Å². The molecular formula is C10H17N3O. The monoisotopic (exact) mass is 195 g/mol. The number of hydrogen-bond acceptors (Lipinski definition) is 3. The quantitative estimate of drug-likeness (QED) is 0.752. The standard InChI is InChI=1S/C10H17N3O/c1-10(2,3)9(14)8(11)4-7-5-12-6-13-7/h5-6,8H,4,11H2,1-3H3,(H,12,13). The van der Waals surface area contributed by atoms with Crippen LogP contribution in [0, 0.1) is 5.41 Å². The van der Waals surface area contributed by atoms with Crippen LogP contribution in [-0.4, -0.2) is 21.8 Å². The van der Waals surface area contributed by atoms with Gasteiger partial charge in [-0.3, -0.25) is 4.79 Å². The van der Waals surface area contributed by atoms with Crippen molar-refractivity contribution >= 4 is 5.78 Å². The third kappa shape index (κ3) is 2.67. The summed E-state index contributed by atoms with van der Waals surface area (Å²) in [7, 11) is 0. The van der Waals surface area contributed by atoms with E-state index in [0.717, 1.165) is 5.69 Å². The summed E-state index contributed by atoms with van der Waals surface area (Å²) in [5.74, 6) is 0.0760. The summed E-state index contributed by atoms with van der Waals surface area (Å²) >= 11 is 0. The molecule has 0 aliphatic rings. The molecule has 0 aromatic carbocycles. The third-order valence-corrected chi connectivity index (χ3v) is 2.07. The highest BCUT2D eigenvalue weighted by molar-refractivity contribution is 5.88. The number of hydrogen-bond donors (Lipinski definition) is 2. The largest absolute Gasteiger partial charge is 0.348 e. The van der Waals surface area contributed by atoms with Gasteiger partial charge in [-0.25, -0.2) is 4.98 Å². The van der Waals surface area contributed by atoms with Gasteiger partial charge < -0.3 is 10.7 Å². The maximum Gasteiger partial charge on any atom is 0.155 e. The number of carbonyl (C=O) groups excluding carboxylic acids is 1. The number of nitrogens with one attached hydrogen (secondary N) is 1. The molecule has 1 unspecified atom stereocenters. The maximum absolute atomic E-state index is 11.7. The fourth-order valence-corrected chi connectivity index (χ4v) is 1.28. The van der Waals surface area contributed by atoms with Crippen LogP contribution in [0.25, 0.3) is 0 Å². The van der Waals surface area contributed by atoms with Crippen molar-refractivity contribution in [2.45, 2.75) is 33.2 Å².